The van der Waals surface area contributed by atoms with Gasteiger partial charge in [-0.3, -0.25) is 14.6 Å². The fourth-order valence-electron chi connectivity index (χ4n) is 3.79. The lowest BCUT2D eigenvalue weighted by Gasteiger charge is -2.23. The molecule has 0 atom stereocenters. The number of halogens is 5. The van der Waals surface area contributed by atoms with E-state index in [1.54, 1.807) is 0 Å². The van der Waals surface area contributed by atoms with Crippen molar-refractivity contribution in [3.8, 4) is 11.4 Å². The quantitative estimate of drug-likeness (QED) is 0.499. The standard InChI is InChI=1S/C24H20F5N5O2/c1-34(20-7-2-15(25)9-18(20)26)21-10-19(23(36)31-16-3-5-17(35)6-4-16)32-22(33-21)13-8-14(12-30-11-13)24(27,28)29/h2,7-12,16H,3-6H2,1H3,(H,31,36). The number of benzene rings is 1. The molecule has 1 aromatic carbocycles. The van der Waals surface area contributed by atoms with E-state index in [-0.39, 0.29) is 40.4 Å². The van der Waals surface area contributed by atoms with Gasteiger partial charge in [-0.05, 0) is 31.0 Å². The van der Waals surface area contributed by atoms with Crippen LogP contribution in [0.4, 0.5) is 33.5 Å². The highest BCUT2D eigenvalue weighted by Crippen LogP contribution is 2.32. The summed E-state index contributed by atoms with van der Waals surface area (Å²) in [4.78, 5) is 37.7. The first-order chi connectivity index (χ1) is 17.0. The molecule has 1 amide bonds. The second-order valence-corrected chi connectivity index (χ2v) is 8.34. The number of hydrogen-bond acceptors (Lipinski definition) is 6. The average Bonchev–Trinajstić information content (AvgIpc) is 2.84. The van der Waals surface area contributed by atoms with Crippen molar-refractivity contribution in [1.29, 1.82) is 0 Å². The number of nitrogens with one attached hydrogen (secondary N) is 1. The van der Waals surface area contributed by atoms with Crippen LogP contribution in [-0.2, 0) is 11.0 Å². The lowest BCUT2D eigenvalue weighted by Crippen LogP contribution is -2.38. The summed E-state index contributed by atoms with van der Waals surface area (Å²) in [5.74, 6) is -2.50. The van der Waals surface area contributed by atoms with E-state index in [1.807, 2.05) is 0 Å². The first kappa shape index (κ1) is 25.1. The molecule has 36 heavy (non-hydrogen) atoms. The molecule has 2 aromatic heterocycles. The Labute approximate surface area is 202 Å². The Hall–Kier alpha value is -3.96. The van der Waals surface area contributed by atoms with Crippen LogP contribution in [0.25, 0.3) is 11.4 Å². The Morgan fingerprint density at radius 1 is 1.06 bits per heavy atom. The van der Waals surface area contributed by atoms with Crippen LogP contribution in [0.15, 0.2) is 42.7 Å². The maximum Gasteiger partial charge on any atom is 0.417 e. The summed E-state index contributed by atoms with van der Waals surface area (Å²) in [5.41, 5.74) is -1.42. The summed E-state index contributed by atoms with van der Waals surface area (Å²) < 4.78 is 67.5. The van der Waals surface area contributed by atoms with Gasteiger partial charge in [0.05, 0.1) is 11.3 Å². The zero-order valence-corrected chi connectivity index (χ0v) is 18.9. The molecule has 3 aromatic rings. The van der Waals surface area contributed by atoms with E-state index in [1.165, 1.54) is 18.0 Å². The number of carbonyl (C=O) groups is 2. The number of amides is 1. The molecule has 2 heterocycles. The lowest BCUT2D eigenvalue weighted by atomic mass is 9.94. The topological polar surface area (TPSA) is 88.1 Å². The molecule has 0 saturated heterocycles. The molecule has 1 aliphatic rings. The Kier molecular flexibility index (Phi) is 6.95. The van der Waals surface area contributed by atoms with Gasteiger partial charge in [0.2, 0.25) is 0 Å². The number of hydrogen-bond donors (Lipinski definition) is 1. The van der Waals surface area contributed by atoms with Crippen molar-refractivity contribution in [1.82, 2.24) is 20.3 Å². The van der Waals surface area contributed by atoms with Gasteiger partial charge in [0.15, 0.2) is 5.82 Å². The van der Waals surface area contributed by atoms with Crippen LogP contribution < -0.4 is 10.2 Å². The van der Waals surface area contributed by atoms with Gasteiger partial charge >= 0.3 is 6.18 Å². The van der Waals surface area contributed by atoms with Gasteiger partial charge in [-0.1, -0.05) is 0 Å². The van der Waals surface area contributed by atoms with E-state index >= 15 is 0 Å². The normalized spacial score (nSPS) is 14.6. The summed E-state index contributed by atoms with van der Waals surface area (Å²) in [6, 6.07) is 4.63. The van der Waals surface area contributed by atoms with Gasteiger partial charge in [-0.15, -0.1) is 0 Å². The molecule has 1 aliphatic carbocycles. The molecule has 0 radical (unpaired) electrons. The summed E-state index contributed by atoms with van der Waals surface area (Å²) in [6.45, 7) is 0. The molecular weight excluding hydrogens is 485 g/mol. The van der Waals surface area contributed by atoms with Gasteiger partial charge in [0.1, 0.15) is 28.9 Å². The van der Waals surface area contributed by atoms with Crippen molar-refractivity contribution in [2.45, 2.75) is 37.9 Å². The van der Waals surface area contributed by atoms with Crippen molar-refractivity contribution < 1.29 is 31.5 Å². The van der Waals surface area contributed by atoms with Crippen molar-refractivity contribution in [3.63, 3.8) is 0 Å². The number of Topliss-reactive ketones (excluding diaryl/α,β-unsaturated/α-hetero) is 1. The third kappa shape index (κ3) is 5.64. The zero-order chi connectivity index (χ0) is 26.0. The van der Waals surface area contributed by atoms with Crippen LogP contribution >= 0.6 is 0 Å². The zero-order valence-electron chi connectivity index (χ0n) is 18.9. The fraction of sp³-hybridized carbons (Fsp3) is 0.292. The highest BCUT2D eigenvalue weighted by Gasteiger charge is 2.31. The van der Waals surface area contributed by atoms with Crippen LogP contribution in [0.3, 0.4) is 0 Å². The van der Waals surface area contributed by atoms with Gasteiger partial charge in [0, 0.05) is 56.0 Å². The van der Waals surface area contributed by atoms with E-state index in [4.69, 9.17) is 0 Å². The average molecular weight is 505 g/mol. The highest BCUT2D eigenvalue weighted by atomic mass is 19.4. The molecule has 0 unspecified atom stereocenters. The minimum Gasteiger partial charge on any atom is -0.348 e. The minimum atomic E-state index is -4.67. The number of carbonyl (C=O) groups excluding carboxylic acids is 2. The molecule has 12 heteroatoms. The van der Waals surface area contributed by atoms with Crippen molar-refractivity contribution in [2.24, 2.45) is 0 Å². The fourth-order valence-corrected chi connectivity index (χ4v) is 3.79. The molecule has 0 bridgehead atoms. The first-order valence-electron chi connectivity index (χ1n) is 10.9. The molecule has 0 aliphatic heterocycles. The van der Waals surface area contributed by atoms with E-state index in [2.05, 4.69) is 20.3 Å². The van der Waals surface area contributed by atoms with Crippen LogP contribution in [0.1, 0.15) is 41.7 Å². The Balaban J connectivity index is 1.75. The highest BCUT2D eigenvalue weighted by molar-refractivity contribution is 5.94. The van der Waals surface area contributed by atoms with Crippen molar-refractivity contribution in [2.75, 3.05) is 11.9 Å². The number of alkyl halides is 3. The smallest absolute Gasteiger partial charge is 0.348 e. The Bertz CT molecular complexity index is 1300. The summed E-state index contributed by atoms with van der Waals surface area (Å²) in [6.07, 6.45) is -1.36. The van der Waals surface area contributed by atoms with Gasteiger partial charge in [-0.25, -0.2) is 18.7 Å². The van der Waals surface area contributed by atoms with Gasteiger partial charge in [0.25, 0.3) is 5.91 Å². The number of aromatic nitrogens is 3. The monoisotopic (exact) mass is 505 g/mol. The summed E-state index contributed by atoms with van der Waals surface area (Å²) in [5, 5.41) is 2.78. The van der Waals surface area contributed by atoms with E-state index in [9.17, 15) is 31.5 Å². The first-order valence-corrected chi connectivity index (χ1v) is 10.9. The molecular formula is C24H20F5N5O2. The molecule has 4 rings (SSSR count). The molecule has 7 nitrogen and oxygen atoms in total. The molecule has 188 valence electrons. The van der Waals surface area contributed by atoms with Crippen LogP contribution in [0.5, 0.6) is 0 Å². The second kappa shape index (κ2) is 9.96. The third-order valence-corrected chi connectivity index (χ3v) is 5.76. The Morgan fingerprint density at radius 3 is 2.44 bits per heavy atom. The van der Waals surface area contributed by atoms with Crippen molar-refractivity contribution in [3.05, 3.63) is 65.6 Å². The number of pyridine rings is 1. The Morgan fingerprint density at radius 2 is 1.78 bits per heavy atom. The van der Waals surface area contributed by atoms with Gasteiger partial charge in [-0.2, -0.15) is 13.2 Å². The summed E-state index contributed by atoms with van der Waals surface area (Å²) >= 11 is 0. The number of anilines is 2. The molecule has 1 saturated carbocycles. The largest absolute Gasteiger partial charge is 0.417 e. The van der Waals surface area contributed by atoms with E-state index < -0.39 is 29.3 Å². The third-order valence-electron chi connectivity index (χ3n) is 5.76. The maximum absolute atomic E-state index is 14.4. The number of nitrogens with zero attached hydrogens (tertiary/aromatic N) is 4. The van der Waals surface area contributed by atoms with Crippen LogP contribution in [-0.4, -0.2) is 39.7 Å². The maximum atomic E-state index is 14.4. The van der Waals surface area contributed by atoms with E-state index in [0.717, 1.165) is 24.4 Å². The second-order valence-electron chi connectivity index (χ2n) is 8.34. The number of rotatable bonds is 5. The molecule has 1 fully saturated rings. The lowest BCUT2D eigenvalue weighted by molar-refractivity contribution is -0.137. The molecule has 0 spiro atoms. The molecule has 1 N–H and O–H groups in total. The number of ketones is 1. The van der Waals surface area contributed by atoms with Crippen molar-refractivity contribution >= 4 is 23.2 Å². The summed E-state index contributed by atoms with van der Waals surface area (Å²) in [7, 11) is 1.40. The van der Waals surface area contributed by atoms with Gasteiger partial charge < -0.3 is 10.2 Å². The van der Waals surface area contributed by atoms with Crippen LogP contribution in [0, 0.1) is 11.6 Å². The van der Waals surface area contributed by atoms with Crippen LogP contribution in [0.2, 0.25) is 0 Å². The predicted octanol–water partition coefficient (Wildman–Crippen LogP) is 4.85. The van der Waals surface area contributed by atoms with E-state index in [0.29, 0.717) is 37.9 Å². The predicted molar refractivity (Wildman–Crippen MR) is 119 cm³/mol. The minimum absolute atomic E-state index is 0.0214. The SMILES string of the molecule is CN(c1cc(C(=O)NC2CCC(=O)CC2)nc(-c2cncc(C(F)(F)F)c2)n1)c1ccc(F)cc1F.